The van der Waals surface area contributed by atoms with Crippen LogP contribution < -0.4 is 5.32 Å². The van der Waals surface area contributed by atoms with Crippen molar-refractivity contribution in [1.82, 2.24) is 15.1 Å². The summed E-state index contributed by atoms with van der Waals surface area (Å²) in [6.45, 7) is 1.40. The van der Waals surface area contributed by atoms with Crippen molar-refractivity contribution < 1.29 is 4.39 Å². The summed E-state index contributed by atoms with van der Waals surface area (Å²) in [5.41, 5.74) is 2.02. The second-order valence-corrected chi connectivity index (χ2v) is 4.33. The average molecular weight is 258 g/mol. The first kappa shape index (κ1) is 13.2. The highest BCUT2D eigenvalue weighted by molar-refractivity contribution is 5.34. The number of hydrogen-bond donors (Lipinski definition) is 1. The Morgan fingerprint density at radius 1 is 1.42 bits per heavy atom. The zero-order valence-electron chi connectivity index (χ0n) is 10.7. The monoisotopic (exact) mass is 258 g/mol. The molecule has 0 saturated carbocycles. The van der Waals surface area contributed by atoms with Crippen LogP contribution in [0.1, 0.15) is 16.8 Å². The van der Waals surface area contributed by atoms with E-state index in [0.29, 0.717) is 6.54 Å². The van der Waals surface area contributed by atoms with Gasteiger partial charge in [-0.25, -0.2) is 4.39 Å². The van der Waals surface area contributed by atoms with Crippen molar-refractivity contribution in [3.05, 3.63) is 53.1 Å². The van der Waals surface area contributed by atoms with Gasteiger partial charge in [0.25, 0.3) is 0 Å². The molecule has 1 aromatic heterocycles. The molecule has 0 radical (unpaired) electrons. The molecule has 0 aliphatic carbocycles. The van der Waals surface area contributed by atoms with Crippen LogP contribution in [0.2, 0.25) is 0 Å². The Morgan fingerprint density at radius 3 is 2.95 bits per heavy atom. The number of hydrogen-bond acceptors (Lipinski definition) is 3. The fourth-order valence-electron chi connectivity index (χ4n) is 1.81. The SMILES string of the molecule is Cn1ccc(CCNCc2ccc(F)c(C#N)c2)n1. The largest absolute Gasteiger partial charge is 0.312 e. The van der Waals surface area contributed by atoms with E-state index < -0.39 is 5.82 Å². The fourth-order valence-corrected chi connectivity index (χ4v) is 1.81. The first-order chi connectivity index (χ1) is 9.19. The van der Waals surface area contributed by atoms with Crippen LogP contribution in [0.5, 0.6) is 0 Å². The molecule has 0 aliphatic rings. The topological polar surface area (TPSA) is 53.6 Å². The van der Waals surface area contributed by atoms with Crippen LogP contribution in [-0.2, 0) is 20.0 Å². The molecule has 0 atom stereocenters. The summed E-state index contributed by atoms with van der Waals surface area (Å²) in [5.74, 6) is -0.472. The third-order valence-corrected chi connectivity index (χ3v) is 2.81. The number of benzene rings is 1. The number of nitrogens with zero attached hydrogens (tertiary/aromatic N) is 3. The summed E-state index contributed by atoms with van der Waals surface area (Å²) in [4.78, 5) is 0. The van der Waals surface area contributed by atoms with E-state index in [1.165, 1.54) is 6.07 Å². The Balaban J connectivity index is 1.81. The number of rotatable bonds is 5. The standard InChI is InChI=1S/C14H15FN4/c1-19-7-5-13(18-19)4-6-17-10-11-2-3-14(15)12(8-11)9-16/h2-3,5,7-8,17H,4,6,10H2,1H3. The molecule has 0 aliphatic heterocycles. The Morgan fingerprint density at radius 2 is 2.26 bits per heavy atom. The molecule has 19 heavy (non-hydrogen) atoms. The number of halogens is 1. The van der Waals surface area contributed by atoms with E-state index in [4.69, 9.17) is 5.26 Å². The van der Waals surface area contributed by atoms with Gasteiger partial charge in [-0.1, -0.05) is 6.07 Å². The van der Waals surface area contributed by atoms with Crippen molar-refractivity contribution in [2.45, 2.75) is 13.0 Å². The van der Waals surface area contributed by atoms with Crippen LogP contribution in [0.25, 0.3) is 0 Å². The van der Waals surface area contributed by atoms with Gasteiger partial charge < -0.3 is 5.32 Å². The summed E-state index contributed by atoms with van der Waals surface area (Å²) >= 11 is 0. The maximum Gasteiger partial charge on any atom is 0.140 e. The van der Waals surface area contributed by atoms with Crippen molar-refractivity contribution in [1.29, 1.82) is 5.26 Å². The quantitative estimate of drug-likeness (QED) is 0.831. The van der Waals surface area contributed by atoms with Crippen molar-refractivity contribution in [2.24, 2.45) is 7.05 Å². The molecule has 98 valence electrons. The van der Waals surface area contributed by atoms with Gasteiger partial charge in [-0.3, -0.25) is 4.68 Å². The van der Waals surface area contributed by atoms with E-state index in [1.54, 1.807) is 16.8 Å². The smallest absolute Gasteiger partial charge is 0.140 e. The van der Waals surface area contributed by atoms with Gasteiger partial charge in [0.1, 0.15) is 11.9 Å². The van der Waals surface area contributed by atoms with E-state index in [-0.39, 0.29) is 5.56 Å². The summed E-state index contributed by atoms with van der Waals surface area (Å²) in [6, 6.07) is 8.40. The molecular formula is C14H15FN4. The molecule has 2 rings (SSSR count). The van der Waals surface area contributed by atoms with Crippen molar-refractivity contribution in [3.63, 3.8) is 0 Å². The van der Waals surface area contributed by atoms with Gasteiger partial charge in [-0.05, 0) is 23.8 Å². The summed E-state index contributed by atoms with van der Waals surface area (Å²) in [7, 11) is 1.89. The molecule has 0 spiro atoms. The lowest BCUT2D eigenvalue weighted by molar-refractivity contribution is 0.620. The molecule has 0 unspecified atom stereocenters. The minimum absolute atomic E-state index is 0.0871. The van der Waals surface area contributed by atoms with Gasteiger partial charge in [0.05, 0.1) is 11.3 Å². The molecule has 0 saturated heterocycles. The van der Waals surface area contributed by atoms with E-state index in [2.05, 4.69) is 10.4 Å². The highest BCUT2D eigenvalue weighted by Gasteiger charge is 2.02. The van der Waals surface area contributed by atoms with Crippen LogP contribution in [0.3, 0.4) is 0 Å². The Kier molecular flexibility index (Phi) is 4.26. The molecule has 1 heterocycles. The van der Waals surface area contributed by atoms with Crippen molar-refractivity contribution >= 4 is 0 Å². The van der Waals surface area contributed by atoms with Gasteiger partial charge in [0.15, 0.2) is 0 Å². The van der Waals surface area contributed by atoms with Gasteiger partial charge >= 0.3 is 0 Å². The van der Waals surface area contributed by atoms with Crippen LogP contribution >= 0.6 is 0 Å². The summed E-state index contributed by atoms with van der Waals surface area (Å²) < 4.78 is 14.9. The number of nitrogens with one attached hydrogen (secondary N) is 1. The molecule has 0 bridgehead atoms. The Labute approximate surface area is 111 Å². The van der Waals surface area contributed by atoms with Crippen molar-refractivity contribution in [2.75, 3.05) is 6.54 Å². The number of aryl methyl sites for hydroxylation is 1. The lowest BCUT2D eigenvalue weighted by Gasteiger charge is -2.04. The first-order valence-electron chi connectivity index (χ1n) is 6.07. The van der Waals surface area contributed by atoms with Crippen LogP contribution in [0.4, 0.5) is 4.39 Å². The van der Waals surface area contributed by atoms with Gasteiger partial charge in [0, 0.05) is 32.8 Å². The first-order valence-corrected chi connectivity index (χ1v) is 6.07. The molecule has 5 heteroatoms. The number of aromatic nitrogens is 2. The van der Waals surface area contributed by atoms with Gasteiger partial charge in [-0.15, -0.1) is 0 Å². The van der Waals surface area contributed by atoms with Gasteiger partial charge in [0.2, 0.25) is 0 Å². The molecule has 1 aromatic carbocycles. The lowest BCUT2D eigenvalue weighted by Crippen LogP contribution is -2.17. The maximum absolute atomic E-state index is 13.1. The highest BCUT2D eigenvalue weighted by Crippen LogP contribution is 2.09. The molecule has 0 fully saturated rings. The van der Waals surface area contributed by atoms with Crippen LogP contribution in [-0.4, -0.2) is 16.3 Å². The highest BCUT2D eigenvalue weighted by atomic mass is 19.1. The van der Waals surface area contributed by atoms with E-state index >= 15 is 0 Å². The van der Waals surface area contributed by atoms with E-state index in [1.807, 2.05) is 25.4 Å². The number of nitriles is 1. The normalized spacial score (nSPS) is 10.4. The predicted octanol–water partition coefficient (Wildman–Crippen LogP) is 1.76. The van der Waals surface area contributed by atoms with Crippen LogP contribution in [0, 0.1) is 17.1 Å². The van der Waals surface area contributed by atoms with Crippen molar-refractivity contribution in [3.8, 4) is 6.07 Å². The molecule has 0 amide bonds. The molecule has 2 aromatic rings. The molecular weight excluding hydrogens is 243 g/mol. The predicted molar refractivity (Wildman–Crippen MR) is 69.7 cm³/mol. The molecule has 1 N–H and O–H groups in total. The third kappa shape index (κ3) is 3.63. The second kappa shape index (κ2) is 6.12. The molecule has 4 nitrogen and oxygen atoms in total. The Bertz CT molecular complexity index is 598. The fraction of sp³-hybridized carbons (Fsp3) is 0.286. The minimum Gasteiger partial charge on any atom is -0.312 e. The van der Waals surface area contributed by atoms with Gasteiger partial charge in [-0.2, -0.15) is 10.4 Å². The summed E-state index contributed by atoms with van der Waals surface area (Å²) in [5, 5.41) is 16.3. The second-order valence-electron chi connectivity index (χ2n) is 4.33. The third-order valence-electron chi connectivity index (χ3n) is 2.81. The summed E-state index contributed by atoms with van der Waals surface area (Å²) in [6.07, 6.45) is 2.75. The minimum atomic E-state index is -0.472. The zero-order chi connectivity index (χ0) is 13.7. The maximum atomic E-state index is 13.1. The zero-order valence-corrected chi connectivity index (χ0v) is 10.7. The lowest BCUT2D eigenvalue weighted by atomic mass is 10.1. The van der Waals surface area contributed by atoms with E-state index in [0.717, 1.165) is 24.2 Å². The Hall–Kier alpha value is -2.19. The average Bonchev–Trinajstić information content (AvgIpc) is 2.82. The van der Waals surface area contributed by atoms with E-state index in [9.17, 15) is 4.39 Å². The van der Waals surface area contributed by atoms with Crippen LogP contribution in [0.15, 0.2) is 30.5 Å².